The van der Waals surface area contributed by atoms with Crippen LogP contribution in [-0.2, 0) is 26.0 Å². The summed E-state index contributed by atoms with van der Waals surface area (Å²) in [6, 6.07) is 6.37. The zero-order valence-electron chi connectivity index (χ0n) is 18.1. The third kappa shape index (κ3) is 7.29. The summed E-state index contributed by atoms with van der Waals surface area (Å²) in [5.74, 6) is 0.554. The minimum absolute atomic E-state index is 0.00173. The van der Waals surface area contributed by atoms with Gasteiger partial charge >= 0.3 is 0 Å². The van der Waals surface area contributed by atoms with E-state index >= 15 is 0 Å². The number of nitrogens with zero attached hydrogens (tertiary/aromatic N) is 2. The molecule has 1 saturated carbocycles. The lowest BCUT2D eigenvalue weighted by molar-refractivity contribution is -0.138. The maximum absolute atomic E-state index is 12.6. The SMILES string of the molecule is NS(=O)(=O)c1ccc(CCNC(=O)CCN2CCN(C(=O)C3CCCCC3)CC2)cc1. The highest BCUT2D eigenvalue weighted by Gasteiger charge is 2.28. The lowest BCUT2D eigenvalue weighted by atomic mass is 9.88. The normalized spacial score (nSPS) is 18.7. The average Bonchev–Trinajstić information content (AvgIpc) is 2.78. The second-order valence-electron chi connectivity index (χ2n) is 8.54. The van der Waals surface area contributed by atoms with Gasteiger partial charge in [0.2, 0.25) is 21.8 Å². The lowest BCUT2D eigenvalue weighted by Crippen LogP contribution is -2.51. The Labute approximate surface area is 185 Å². The summed E-state index contributed by atoms with van der Waals surface area (Å²) in [6.07, 6.45) is 6.73. The van der Waals surface area contributed by atoms with Gasteiger partial charge in [0.15, 0.2) is 0 Å². The first-order valence-corrected chi connectivity index (χ1v) is 12.8. The summed E-state index contributed by atoms with van der Waals surface area (Å²) < 4.78 is 22.5. The Hall–Kier alpha value is -1.97. The zero-order chi connectivity index (χ0) is 22.3. The van der Waals surface area contributed by atoms with Crippen LogP contribution in [0.4, 0.5) is 0 Å². The van der Waals surface area contributed by atoms with Gasteiger partial charge in [-0.05, 0) is 37.0 Å². The molecule has 0 spiro atoms. The number of primary sulfonamides is 1. The molecule has 1 aliphatic heterocycles. The van der Waals surface area contributed by atoms with Crippen LogP contribution in [0.15, 0.2) is 29.2 Å². The lowest BCUT2D eigenvalue weighted by Gasteiger charge is -2.37. The van der Waals surface area contributed by atoms with Crippen LogP contribution in [0.5, 0.6) is 0 Å². The van der Waals surface area contributed by atoms with Crippen molar-refractivity contribution < 1.29 is 18.0 Å². The second kappa shape index (κ2) is 11.1. The Morgan fingerprint density at radius 2 is 1.65 bits per heavy atom. The minimum atomic E-state index is -3.68. The fourth-order valence-electron chi connectivity index (χ4n) is 4.34. The van der Waals surface area contributed by atoms with Crippen LogP contribution in [0.25, 0.3) is 0 Å². The number of hydrogen-bond acceptors (Lipinski definition) is 5. The molecule has 2 amide bonds. The van der Waals surface area contributed by atoms with Crippen LogP contribution in [0, 0.1) is 5.92 Å². The largest absolute Gasteiger partial charge is 0.356 e. The van der Waals surface area contributed by atoms with E-state index < -0.39 is 10.0 Å². The van der Waals surface area contributed by atoms with E-state index in [-0.39, 0.29) is 16.7 Å². The summed E-state index contributed by atoms with van der Waals surface area (Å²) >= 11 is 0. The van der Waals surface area contributed by atoms with Crippen molar-refractivity contribution in [3.05, 3.63) is 29.8 Å². The number of benzene rings is 1. The number of amides is 2. The summed E-state index contributed by atoms with van der Waals surface area (Å²) in [6.45, 7) is 4.35. The molecule has 2 aliphatic rings. The van der Waals surface area contributed by atoms with Gasteiger partial charge in [0.05, 0.1) is 4.90 Å². The summed E-state index contributed by atoms with van der Waals surface area (Å²) in [4.78, 5) is 29.1. The third-order valence-corrected chi connectivity index (χ3v) is 7.21. The van der Waals surface area contributed by atoms with Gasteiger partial charge in [0.25, 0.3) is 0 Å². The molecular formula is C22H34N4O4S. The molecule has 0 unspecified atom stereocenters. The number of nitrogens with one attached hydrogen (secondary N) is 1. The number of piperazine rings is 1. The Bertz CT molecular complexity index is 843. The van der Waals surface area contributed by atoms with Gasteiger partial charge in [-0.15, -0.1) is 0 Å². The highest BCUT2D eigenvalue weighted by atomic mass is 32.2. The Morgan fingerprint density at radius 1 is 1.00 bits per heavy atom. The van der Waals surface area contributed by atoms with Gasteiger partial charge in [-0.1, -0.05) is 31.4 Å². The van der Waals surface area contributed by atoms with Gasteiger partial charge in [-0.2, -0.15) is 0 Å². The smallest absolute Gasteiger partial charge is 0.238 e. The molecule has 1 saturated heterocycles. The molecule has 3 N–H and O–H groups in total. The predicted octanol–water partition coefficient (Wildman–Crippen LogP) is 1.11. The van der Waals surface area contributed by atoms with E-state index in [0.29, 0.717) is 31.8 Å². The standard InChI is InChI=1S/C22H34N4O4S/c23-31(29,30)20-8-6-18(7-9-20)10-12-24-21(27)11-13-25-14-16-26(17-15-25)22(28)19-4-2-1-3-5-19/h6-9,19H,1-5,10-17H2,(H,24,27)(H2,23,29,30). The van der Waals surface area contributed by atoms with E-state index in [0.717, 1.165) is 44.6 Å². The molecule has 31 heavy (non-hydrogen) atoms. The van der Waals surface area contributed by atoms with Crippen molar-refractivity contribution in [1.29, 1.82) is 0 Å². The van der Waals surface area contributed by atoms with Crippen molar-refractivity contribution in [1.82, 2.24) is 15.1 Å². The van der Waals surface area contributed by atoms with Crippen LogP contribution in [-0.4, -0.2) is 69.3 Å². The van der Waals surface area contributed by atoms with Crippen LogP contribution in [0.1, 0.15) is 44.1 Å². The molecule has 0 radical (unpaired) electrons. The number of carbonyl (C=O) groups is 2. The van der Waals surface area contributed by atoms with Crippen molar-refractivity contribution in [3.63, 3.8) is 0 Å². The molecule has 1 heterocycles. The molecule has 0 bridgehead atoms. The first-order valence-electron chi connectivity index (χ1n) is 11.2. The van der Waals surface area contributed by atoms with E-state index in [4.69, 9.17) is 5.14 Å². The molecule has 0 aromatic heterocycles. The quantitative estimate of drug-likeness (QED) is 0.616. The number of nitrogens with two attached hydrogens (primary N) is 1. The number of hydrogen-bond donors (Lipinski definition) is 2. The summed E-state index contributed by atoms with van der Waals surface area (Å²) in [5, 5.41) is 8.00. The van der Waals surface area contributed by atoms with Gasteiger partial charge in [0, 0.05) is 51.6 Å². The highest BCUT2D eigenvalue weighted by molar-refractivity contribution is 7.89. The first kappa shape index (κ1) is 23.7. The van der Waals surface area contributed by atoms with Crippen molar-refractivity contribution in [2.75, 3.05) is 39.3 Å². The molecule has 1 aromatic rings. The van der Waals surface area contributed by atoms with E-state index in [9.17, 15) is 18.0 Å². The number of sulfonamides is 1. The number of carbonyl (C=O) groups excluding carboxylic acids is 2. The van der Waals surface area contributed by atoms with E-state index in [2.05, 4.69) is 10.2 Å². The van der Waals surface area contributed by atoms with Crippen LogP contribution in [0.2, 0.25) is 0 Å². The van der Waals surface area contributed by atoms with E-state index in [1.807, 2.05) is 4.90 Å². The van der Waals surface area contributed by atoms with Crippen molar-refractivity contribution in [3.8, 4) is 0 Å². The Kier molecular flexibility index (Phi) is 8.45. The molecule has 1 aliphatic carbocycles. The minimum Gasteiger partial charge on any atom is -0.356 e. The van der Waals surface area contributed by atoms with Crippen LogP contribution < -0.4 is 10.5 Å². The summed E-state index contributed by atoms with van der Waals surface area (Å²) in [5.41, 5.74) is 0.937. The summed E-state index contributed by atoms with van der Waals surface area (Å²) in [7, 11) is -3.68. The molecule has 8 nitrogen and oxygen atoms in total. The van der Waals surface area contributed by atoms with Gasteiger partial charge in [-0.25, -0.2) is 13.6 Å². The zero-order valence-corrected chi connectivity index (χ0v) is 18.9. The van der Waals surface area contributed by atoms with Crippen molar-refractivity contribution in [2.24, 2.45) is 11.1 Å². The maximum atomic E-state index is 12.6. The molecule has 172 valence electrons. The van der Waals surface area contributed by atoms with Gasteiger partial charge in [-0.3, -0.25) is 14.5 Å². The molecule has 0 atom stereocenters. The topological polar surface area (TPSA) is 113 Å². The second-order valence-corrected chi connectivity index (χ2v) is 10.1. The van der Waals surface area contributed by atoms with Crippen LogP contribution in [0.3, 0.4) is 0 Å². The van der Waals surface area contributed by atoms with Gasteiger partial charge in [0.1, 0.15) is 0 Å². The first-order chi connectivity index (χ1) is 14.8. The fourth-order valence-corrected chi connectivity index (χ4v) is 4.86. The molecule has 1 aromatic carbocycles. The highest BCUT2D eigenvalue weighted by Crippen LogP contribution is 2.25. The Morgan fingerprint density at radius 3 is 2.26 bits per heavy atom. The molecule has 2 fully saturated rings. The van der Waals surface area contributed by atoms with Crippen molar-refractivity contribution in [2.45, 2.75) is 49.8 Å². The van der Waals surface area contributed by atoms with Crippen molar-refractivity contribution >= 4 is 21.8 Å². The monoisotopic (exact) mass is 450 g/mol. The average molecular weight is 451 g/mol. The maximum Gasteiger partial charge on any atom is 0.238 e. The van der Waals surface area contributed by atoms with E-state index in [1.54, 1.807) is 12.1 Å². The third-order valence-electron chi connectivity index (χ3n) is 6.28. The fraction of sp³-hybridized carbons (Fsp3) is 0.636. The molecular weight excluding hydrogens is 416 g/mol. The number of rotatable bonds is 8. The Balaban J connectivity index is 1.30. The molecule has 3 rings (SSSR count). The van der Waals surface area contributed by atoms with E-state index in [1.165, 1.54) is 31.4 Å². The van der Waals surface area contributed by atoms with Gasteiger partial charge < -0.3 is 10.2 Å². The molecule has 9 heteroatoms. The van der Waals surface area contributed by atoms with Crippen LogP contribution >= 0.6 is 0 Å². The predicted molar refractivity (Wildman–Crippen MR) is 119 cm³/mol.